The molecule has 1 fully saturated rings. The van der Waals surface area contributed by atoms with Crippen molar-refractivity contribution < 1.29 is 4.74 Å². The van der Waals surface area contributed by atoms with E-state index in [2.05, 4.69) is 26.3 Å². The first kappa shape index (κ1) is 9.62. The molecule has 1 aliphatic heterocycles. The molecule has 2 heterocycles. The van der Waals surface area contributed by atoms with Crippen LogP contribution in [0.15, 0.2) is 5.38 Å². The fourth-order valence-electron chi connectivity index (χ4n) is 1.52. The van der Waals surface area contributed by atoms with Gasteiger partial charge in [0.05, 0.1) is 10.7 Å². The molecular formula is C9H12BrNOS. The summed E-state index contributed by atoms with van der Waals surface area (Å²) in [6.45, 7) is 1.79. The highest BCUT2D eigenvalue weighted by Crippen LogP contribution is 2.29. The van der Waals surface area contributed by atoms with Crippen molar-refractivity contribution >= 4 is 27.3 Å². The quantitative estimate of drug-likeness (QED) is 0.764. The van der Waals surface area contributed by atoms with Crippen LogP contribution in [0.3, 0.4) is 0 Å². The summed E-state index contributed by atoms with van der Waals surface area (Å²) >= 11 is 5.20. The van der Waals surface area contributed by atoms with Crippen molar-refractivity contribution in [1.29, 1.82) is 0 Å². The van der Waals surface area contributed by atoms with E-state index in [1.165, 1.54) is 5.01 Å². The zero-order valence-corrected chi connectivity index (χ0v) is 9.73. The van der Waals surface area contributed by atoms with E-state index in [-0.39, 0.29) is 0 Å². The van der Waals surface area contributed by atoms with Gasteiger partial charge in [-0.15, -0.1) is 11.3 Å². The smallest absolute Gasteiger partial charge is 0.0961 e. The molecule has 0 saturated carbocycles. The van der Waals surface area contributed by atoms with Gasteiger partial charge in [0.15, 0.2) is 0 Å². The lowest BCUT2D eigenvalue weighted by atomic mass is 10.0. The highest BCUT2D eigenvalue weighted by atomic mass is 79.9. The largest absolute Gasteiger partial charge is 0.381 e. The number of aromatic nitrogens is 1. The summed E-state index contributed by atoms with van der Waals surface area (Å²) in [5.74, 6) is 0.645. The topological polar surface area (TPSA) is 22.1 Å². The number of thiazole rings is 1. The molecule has 0 atom stereocenters. The van der Waals surface area contributed by atoms with Gasteiger partial charge in [0.1, 0.15) is 0 Å². The van der Waals surface area contributed by atoms with Crippen molar-refractivity contribution in [3.8, 4) is 0 Å². The van der Waals surface area contributed by atoms with E-state index in [4.69, 9.17) is 4.74 Å². The van der Waals surface area contributed by atoms with E-state index in [0.717, 1.165) is 37.1 Å². The molecule has 72 valence electrons. The molecule has 13 heavy (non-hydrogen) atoms. The summed E-state index contributed by atoms with van der Waals surface area (Å²) in [7, 11) is 0. The molecule has 0 aromatic carbocycles. The Morgan fingerprint density at radius 1 is 1.54 bits per heavy atom. The molecule has 0 spiro atoms. The monoisotopic (exact) mass is 261 g/mol. The van der Waals surface area contributed by atoms with Gasteiger partial charge < -0.3 is 4.74 Å². The maximum absolute atomic E-state index is 5.32. The van der Waals surface area contributed by atoms with Crippen LogP contribution in [0, 0.1) is 0 Å². The van der Waals surface area contributed by atoms with Gasteiger partial charge in [0.2, 0.25) is 0 Å². The predicted molar refractivity (Wildman–Crippen MR) is 57.5 cm³/mol. The fraction of sp³-hybridized carbons (Fsp3) is 0.667. The maximum atomic E-state index is 5.32. The van der Waals surface area contributed by atoms with Crippen LogP contribution < -0.4 is 0 Å². The summed E-state index contributed by atoms with van der Waals surface area (Å²) in [5.41, 5.74) is 1.16. The van der Waals surface area contributed by atoms with Crippen LogP contribution in [-0.2, 0) is 10.1 Å². The average molecular weight is 262 g/mol. The number of alkyl halides is 1. The minimum absolute atomic E-state index is 0.645. The van der Waals surface area contributed by atoms with Crippen LogP contribution in [0.1, 0.15) is 29.5 Å². The van der Waals surface area contributed by atoms with Gasteiger partial charge in [-0.1, -0.05) is 15.9 Å². The predicted octanol–water partition coefficient (Wildman–Crippen LogP) is 2.93. The van der Waals surface area contributed by atoms with Gasteiger partial charge in [-0.2, -0.15) is 0 Å². The van der Waals surface area contributed by atoms with Crippen molar-refractivity contribution in [3.05, 3.63) is 16.1 Å². The molecule has 2 rings (SSSR count). The van der Waals surface area contributed by atoms with Gasteiger partial charge in [0.25, 0.3) is 0 Å². The lowest BCUT2D eigenvalue weighted by Crippen LogP contribution is -2.13. The third-order valence-electron chi connectivity index (χ3n) is 2.28. The second-order valence-electron chi connectivity index (χ2n) is 3.20. The molecule has 2 nitrogen and oxygen atoms in total. The molecule has 0 radical (unpaired) electrons. The molecule has 0 N–H and O–H groups in total. The van der Waals surface area contributed by atoms with Gasteiger partial charge >= 0.3 is 0 Å². The highest BCUT2D eigenvalue weighted by molar-refractivity contribution is 9.08. The number of halogens is 1. The Balaban J connectivity index is 2.05. The minimum Gasteiger partial charge on any atom is -0.381 e. The molecule has 1 aromatic heterocycles. The molecule has 0 unspecified atom stereocenters. The maximum Gasteiger partial charge on any atom is 0.0961 e. The van der Waals surface area contributed by atoms with Crippen molar-refractivity contribution in [2.24, 2.45) is 0 Å². The third-order valence-corrected chi connectivity index (χ3v) is 3.91. The van der Waals surface area contributed by atoms with Crippen molar-refractivity contribution in [1.82, 2.24) is 4.98 Å². The van der Waals surface area contributed by atoms with Gasteiger partial charge in [-0.3, -0.25) is 0 Å². The first-order valence-corrected chi connectivity index (χ1v) is 6.48. The fourth-order valence-corrected chi connectivity index (χ4v) is 3.01. The summed E-state index contributed by atoms with van der Waals surface area (Å²) in [6, 6.07) is 0. The van der Waals surface area contributed by atoms with E-state index >= 15 is 0 Å². The van der Waals surface area contributed by atoms with E-state index in [1.54, 1.807) is 11.3 Å². The molecule has 1 saturated heterocycles. The molecule has 1 aliphatic rings. The van der Waals surface area contributed by atoms with E-state index in [1.807, 2.05) is 0 Å². The second-order valence-corrected chi connectivity index (χ2v) is 4.65. The Kier molecular flexibility index (Phi) is 3.35. The second kappa shape index (κ2) is 4.53. The van der Waals surface area contributed by atoms with Crippen LogP contribution in [-0.4, -0.2) is 18.2 Å². The Hall–Kier alpha value is 0.0700. The standard InChI is InChI=1S/C9H12BrNOS/c10-5-8-6-13-9(11-8)7-1-3-12-4-2-7/h6-7H,1-5H2. The number of nitrogens with zero attached hydrogens (tertiary/aromatic N) is 1. The molecule has 1 aromatic rings. The van der Waals surface area contributed by atoms with Crippen LogP contribution in [0.2, 0.25) is 0 Å². The lowest BCUT2D eigenvalue weighted by Gasteiger charge is -2.19. The average Bonchev–Trinajstić information content (AvgIpc) is 2.67. The number of hydrogen-bond acceptors (Lipinski definition) is 3. The van der Waals surface area contributed by atoms with Crippen LogP contribution >= 0.6 is 27.3 Å². The lowest BCUT2D eigenvalue weighted by molar-refractivity contribution is 0.0852. The molecule has 0 aliphatic carbocycles. The molecule has 4 heteroatoms. The van der Waals surface area contributed by atoms with Gasteiger partial charge in [-0.25, -0.2) is 4.98 Å². The van der Waals surface area contributed by atoms with E-state index in [9.17, 15) is 0 Å². The summed E-state index contributed by atoms with van der Waals surface area (Å²) in [4.78, 5) is 4.57. The first-order valence-electron chi connectivity index (χ1n) is 4.48. The summed E-state index contributed by atoms with van der Waals surface area (Å²) in [5, 5.41) is 4.30. The van der Waals surface area contributed by atoms with Crippen molar-refractivity contribution in [3.63, 3.8) is 0 Å². The third kappa shape index (κ3) is 2.30. The highest BCUT2D eigenvalue weighted by Gasteiger charge is 2.18. The normalized spacial score (nSPS) is 19.2. The summed E-state index contributed by atoms with van der Waals surface area (Å²) in [6.07, 6.45) is 2.27. The Morgan fingerprint density at radius 2 is 2.31 bits per heavy atom. The Labute approximate surface area is 90.5 Å². The zero-order valence-electron chi connectivity index (χ0n) is 7.33. The molecular weight excluding hydrogens is 250 g/mol. The number of hydrogen-bond donors (Lipinski definition) is 0. The first-order chi connectivity index (χ1) is 6.40. The number of ether oxygens (including phenoxy) is 1. The molecule has 0 amide bonds. The van der Waals surface area contributed by atoms with Crippen LogP contribution in [0.5, 0.6) is 0 Å². The SMILES string of the molecule is BrCc1csc(C2CCOCC2)n1. The zero-order chi connectivity index (χ0) is 9.10. The van der Waals surface area contributed by atoms with E-state index < -0.39 is 0 Å². The molecule has 0 bridgehead atoms. The van der Waals surface area contributed by atoms with Gasteiger partial charge in [-0.05, 0) is 12.8 Å². The van der Waals surface area contributed by atoms with Crippen molar-refractivity contribution in [2.45, 2.75) is 24.1 Å². The Bertz CT molecular complexity index is 270. The summed E-state index contributed by atoms with van der Waals surface area (Å²) < 4.78 is 5.32. The van der Waals surface area contributed by atoms with Crippen LogP contribution in [0.25, 0.3) is 0 Å². The minimum atomic E-state index is 0.645. The number of rotatable bonds is 2. The Morgan fingerprint density at radius 3 is 2.92 bits per heavy atom. The van der Waals surface area contributed by atoms with E-state index in [0.29, 0.717) is 5.92 Å². The van der Waals surface area contributed by atoms with Gasteiger partial charge in [0, 0.05) is 29.8 Å². The van der Waals surface area contributed by atoms with Crippen LogP contribution in [0.4, 0.5) is 0 Å². The van der Waals surface area contributed by atoms with Crippen molar-refractivity contribution in [2.75, 3.05) is 13.2 Å².